The molecule has 1 rings (SSSR count). The van der Waals surface area contributed by atoms with Crippen LogP contribution in [0.15, 0.2) is 0 Å². The standard InChI is InChI=1S/C10H20N2O3/c1-2-15-10(14)12-5-3-8(4-6-12)9(11)7-13/h8-9,13H,2-7,11H2,1H3/t9-/m1/s1. The van der Waals surface area contributed by atoms with E-state index in [-0.39, 0.29) is 18.7 Å². The Hall–Kier alpha value is -0.810. The molecule has 0 radical (unpaired) electrons. The highest BCUT2D eigenvalue weighted by Crippen LogP contribution is 2.19. The van der Waals surface area contributed by atoms with Crippen LogP contribution in [0.4, 0.5) is 4.79 Å². The van der Waals surface area contributed by atoms with Crippen molar-refractivity contribution >= 4 is 6.09 Å². The summed E-state index contributed by atoms with van der Waals surface area (Å²) < 4.78 is 4.91. The van der Waals surface area contributed by atoms with Gasteiger partial charge in [-0.25, -0.2) is 4.79 Å². The maximum atomic E-state index is 11.4. The van der Waals surface area contributed by atoms with Gasteiger partial charge in [-0.05, 0) is 25.7 Å². The summed E-state index contributed by atoms with van der Waals surface area (Å²) in [6.07, 6.45) is 1.45. The summed E-state index contributed by atoms with van der Waals surface area (Å²) in [5, 5.41) is 8.92. The zero-order chi connectivity index (χ0) is 11.3. The molecule has 15 heavy (non-hydrogen) atoms. The molecule has 0 aromatic rings. The number of hydrogen-bond donors (Lipinski definition) is 2. The molecule has 3 N–H and O–H groups in total. The number of rotatable bonds is 3. The lowest BCUT2D eigenvalue weighted by Crippen LogP contribution is -2.44. The minimum atomic E-state index is -0.242. The largest absolute Gasteiger partial charge is 0.450 e. The SMILES string of the molecule is CCOC(=O)N1CCC([C@H](N)CO)CC1. The van der Waals surface area contributed by atoms with Crippen LogP contribution >= 0.6 is 0 Å². The number of aliphatic hydroxyl groups excluding tert-OH is 1. The summed E-state index contributed by atoms with van der Waals surface area (Å²) in [7, 11) is 0. The van der Waals surface area contributed by atoms with Gasteiger partial charge in [0.15, 0.2) is 0 Å². The third-order valence-electron chi connectivity index (χ3n) is 2.88. The zero-order valence-electron chi connectivity index (χ0n) is 9.19. The van der Waals surface area contributed by atoms with E-state index in [0.29, 0.717) is 25.6 Å². The first kappa shape index (κ1) is 12.3. The van der Waals surface area contributed by atoms with Gasteiger partial charge < -0.3 is 20.5 Å². The molecule has 1 aliphatic heterocycles. The highest BCUT2D eigenvalue weighted by atomic mass is 16.6. The topological polar surface area (TPSA) is 75.8 Å². The van der Waals surface area contributed by atoms with Crippen LogP contribution in [0.2, 0.25) is 0 Å². The Morgan fingerprint density at radius 3 is 2.67 bits per heavy atom. The molecular weight excluding hydrogens is 196 g/mol. The van der Waals surface area contributed by atoms with E-state index >= 15 is 0 Å². The summed E-state index contributed by atoms with van der Waals surface area (Å²) in [4.78, 5) is 13.1. The first-order valence-corrected chi connectivity index (χ1v) is 5.47. The number of piperidine rings is 1. The Morgan fingerprint density at radius 1 is 1.60 bits per heavy atom. The van der Waals surface area contributed by atoms with Crippen LogP contribution in [0.25, 0.3) is 0 Å². The van der Waals surface area contributed by atoms with Crippen molar-refractivity contribution in [2.45, 2.75) is 25.8 Å². The molecule has 0 spiro atoms. The Kier molecular flexibility index (Phi) is 4.84. The van der Waals surface area contributed by atoms with Gasteiger partial charge in [-0.15, -0.1) is 0 Å². The molecule has 88 valence electrons. The third kappa shape index (κ3) is 3.35. The van der Waals surface area contributed by atoms with E-state index in [1.54, 1.807) is 11.8 Å². The maximum Gasteiger partial charge on any atom is 0.409 e. The normalized spacial score (nSPS) is 20.1. The number of hydrogen-bond acceptors (Lipinski definition) is 4. The van der Waals surface area contributed by atoms with Gasteiger partial charge in [-0.3, -0.25) is 0 Å². The molecule has 0 aromatic heterocycles. The smallest absolute Gasteiger partial charge is 0.409 e. The number of carbonyl (C=O) groups excluding carboxylic acids is 1. The highest BCUT2D eigenvalue weighted by molar-refractivity contribution is 5.67. The minimum absolute atomic E-state index is 0.0179. The van der Waals surface area contributed by atoms with Gasteiger partial charge in [0.1, 0.15) is 0 Å². The van der Waals surface area contributed by atoms with Crippen molar-refractivity contribution in [3.05, 3.63) is 0 Å². The second-order valence-corrected chi connectivity index (χ2v) is 3.87. The van der Waals surface area contributed by atoms with Gasteiger partial charge in [0.05, 0.1) is 13.2 Å². The van der Waals surface area contributed by atoms with Gasteiger partial charge in [0.25, 0.3) is 0 Å². The lowest BCUT2D eigenvalue weighted by molar-refractivity contribution is 0.0849. The first-order chi connectivity index (χ1) is 7.19. The zero-order valence-corrected chi connectivity index (χ0v) is 9.19. The Bertz CT molecular complexity index is 203. The van der Waals surface area contributed by atoms with E-state index in [1.165, 1.54) is 0 Å². The van der Waals surface area contributed by atoms with Gasteiger partial charge in [-0.1, -0.05) is 0 Å². The van der Waals surface area contributed by atoms with Crippen molar-refractivity contribution in [3.63, 3.8) is 0 Å². The van der Waals surface area contributed by atoms with Crippen molar-refractivity contribution in [1.29, 1.82) is 0 Å². The van der Waals surface area contributed by atoms with Crippen molar-refractivity contribution in [1.82, 2.24) is 4.90 Å². The Labute approximate surface area is 90.2 Å². The predicted molar refractivity (Wildman–Crippen MR) is 56.4 cm³/mol. The van der Waals surface area contributed by atoms with E-state index < -0.39 is 0 Å². The van der Waals surface area contributed by atoms with Crippen molar-refractivity contribution < 1.29 is 14.6 Å². The van der Waals surface area contributed by atoms with Crippen LogP contribution in [0.3, 0.4) is 0 Å². The Balaban J connectivity index is 2.32. The molecule has 1 amide bonds. The molecule has 0 unspecified atom stereocenters. The molecule has 1 fully saturated rings. The van der Waals surface area contributed by atoms with Crippen LogP contribution in [0.1, 0.15) is 19.8 Å². The lowest BCUT2D eigenvalue weighted by Gasteiger charge is -2.33. The molecule has 0 aromatic carbocycles. The molecule has 1 atom stereocenters. The van der Waals surface area contributed by atoms with Crippen LogP contribution in [0.5, 0.6) is 0 Å². The van der Waals surface area contributed by atoms with Crippen molar-refractivity contribution in [2.24, 2.45) is 11.7 Å². The third-order valence-corrected chi connectivity index (χ3v) is 2.88. The van der Waals surface area contributed by atoms with Crippen LogP contribution in [-0.4, -0.2) is 48.4 Å². The van der Waals surface area contributed by atoms with E-state index in [9.17, 15) is 4.79 Å². The number of likely N-dealkylation sites (tertiary alicyclic amines) is 1. The number of aliphatic hydroxyl groups is 1. The molecule has 1 aliphatic rings. The van der Waals surface area contributed by atoms with Crippen molar-refractivity contribution in [2.75, 3.05) is 26.3 Å². The van der Waals surface area contributed by atoms with E-state index in [1.807, 2.05) is 0 Å². The summed E-state index contributed by atoms with van der Waals surface area (Å²) in [6, 6.07) is -0.158. The number of nitrogens with zero attached hydrogens (tertiary/aromatic N) is 1. The minimum Gasteiger partial charge on any atom is -0.450 e. The van der Waals surface area contributed by atoms with E-state index in [4.69, 9.17) is 15.6 Å². The Morgan fingerprint density at radius 2 is 2.20 bits per heavy atom. The van der Waals surface area contributed by atoms with E-state index in [2.05, 4.69) is 0 Å². The number of carbonyl (C=O) groups is 1. The number of ether oxygens (including phenoxy) is 1. The molecule has 0 bridgehead atoms. The maximum absolute atomic E-state index is 11.4. The summed E-state index contributed by atoms with van der Waals surface area (Å²) >= 11 is 0. The van der Waals surface area contributed by atoms with Crippen LogP contribution in [0, 0.1) is 5.92 Å². The van der Waals surface area contributed by atoms with Gasteiger partial charge in [0, 0.05) is 19.1 Å². The molecule has 1 saturated heterocycles. The molecule has 0 saturated carbocycles. The van der Waals surface area contributed by atoms with Crippen LogP contribution in [-0.2, 0) is 4.74 Å². The molecule has 0 aliphatic carbocycles. The second-order valence-electron chi connectivity index (χ2n) is 3.87. The molecule has 1 heterocycles. The fraction of sp³-hybridized carbons (Fsp3) is 0.900. The highest BCUT2D eigenvalue weighted by Gasteiger charge is 2.26. The summed E-state index contributed by atoms with van der Waals surface area (Å²) in [6.45, 7) is 3.58. The first-order valence-electron chi connectivity index (χ1n) is 5.47. The lowest BCUT2D eigenvalue weighted by atomic mass is 9.90. The van der Waals surface area contributed by atoms with Crippen LogP contribution < -0.4 is 5.73 Å². The monoisotopic (exact) mass is 216 g/mol. The van der Waals surface area contributed by atoms with Gasteiger partial charge in [0.2, 0.25) is 0 Å². The average Bonchev–Trinajstić information content (AvgIpc) is 2.28. The average molecular weight is 216 g/mol. The molecule has 5 heteroatoms. The second kappa shape index (κ2) is 5.92. The van der Waals surface area contributed by atoms with Gasteiger partial charge in [-0.2, -0.15) is 0 Å². The van der Waals surface area contributed by atoms with E-state index in [0.717, 1.165) is 12.8 Å². The number of amides is 1. The molecular formula is C10H20N2O3. The summed E-state index contributed by atoms with van der Waals surface area (Å²) in [5.74, 6) is 0.320. The van der Waals surface area contributed by atoms with Crippen molar-refractivity contribution in [3.8, 4) is 0 Å². The fourth-order valence-electron chi connectivity index (χ4n) is 1.87. The number of nitrogens with two attached hydrogens (primary N) is 1. The summed E-state index contributed by atoms with van der Waals surface area (Å²) in [5.41, 5.74) is 5.74. The van der Waals surface area contributed by atoms with Gasteiger partial charge >= 0.3 is 6.09 Å². The fourth-order valence-corrected chi connectivity index (χ4v) is 1.87. The quantitative estimate of drug-likeness (QED) is 0.705. The predicted octanol–water partition coefficient (Wildman–Crippen LogP) is 0.174. The molecule has 5 nitrogen and oxygen atoms in total.